The highest BCUT2D eigenvalue weighted by molar-refractivity contribution is 7.92. The van der Waals surface area contributed by atoms with Gasteiger partial charge in [0.15, 0.2) is 0 Å². The number of carbonyl (C=O) groups is 2. The van der Waals surface area contributed by atoms with Crippen LogP contribution < -0.4 is 14.4 Å². The fourth-order valence-corrected chi connectivity index (χ4v) is 6.58. The zero-order valence-electron chi connectivity index (χ0n) is 27.9. The first-order valence-corrected chi connectivity index (χ1v) is 16.8. The van der Waals surface area contributed by atoms with Crippen molar-refractivity contribution in [2.24, 2.45) is 0 Å². The van der Waals surface area contributed by atoms with Crippen molar-refractivity contribution >= 4 is 33.2 Å². The van der Waals surface area contributed by atoms with Crippen LogP contribution in [0.1, 0.15) is 37.5 Å². The smallest absolute Gasteiger partial charge is 0.273 e. The normalized spacial score (nSPS) is 12.1. The molecule has 4 aromatic carbocycles. The third-order valence-electron chi connectivity index (χ3n) is 7.64. The van der Waals surface area contributed by atoms with Gasteiger partial charge in [0, 0.05) is 30.1 Å². The molecule has 49 heavy (non-hydrogen) atoms. The van der Waals surface area contributed by atoms with Crippen molar-refractivity contribution in [1.82, 2.24) is 10.2 Å². The molecule has 0 radical (unpaired) electrons. The summed E-state index contributed by atoms with van der Waals surface area (Å²) >= 11 is 0. The van der Waals surface area contributed by atoms with Crippen LogP contribution in [0.2, 0.25) is 0 Å². The molecule has 2 amide bonds. The molecular weight excluding hydrogens is 651 g/mol. The van der Waals surface area contributed by atoms with Gasteiger partial charge >= 0.3 is 0 Å². The van der Waals surface area contributed by atoms with Gasteiger partial charge in [-0.3, -0.25) is 24.0 Å². The first-order chi connectivity index (χ1) is 23.1. The molecule has 4 aromatic rings. The zero-order valence-corrected chi connectivity index (χ0v) is 28.7. The number of aryl methyl sites for hydroxylation is 1. The third-order valence-corrected chi connectivity index (χ3v) is 9.41. The first kappa shape index (κ1) is 36.5. The van der Waals surface area contributed by atoms with Gasteiger partial charge in [-0.1, -0.05) is 48.5 Å². The molecule has 1 unspecified atom stereocenters. The summed E-state index contributed by atoms with van der Waals surface area (Å²) in [5, 5.41) is 14.7. The maximum Gasteiger partial charge on any atom is 0.273 e. The van der Waals surface area contributed by atoms with Crippen LogP contribution in [0.3, 0.4) is 0 Å². The Hall–Kier alpha value is -5.30. The maximum atomic E-state index is 14.6. The van der Waals surface area contributed by atoms with Crippen molar-refractivity contribution in [3.05, 3.63) is 130 Å². The lowest BCUT2D eigenvalue weighted by molar-refractivity contribution is -0.385. The Balaban J connectivity index is 1.85. The molecular formula is C36H39FN4O7S. The van der Waals surface area contributed by atoms with Crippen LogP contribution in [0.25, 0.3) is 0 Å². The van der Waals surface area contributed by atoms with Gasteiger partial charge < -0.3 is 15.0 Å². The molecule has 0 aliphatic heterocycles. The highest BCUT2D eigenvalue weighted by Crippen LogP contribution is 2.30. The minimum absolute atomic E-state index is 0.0814. The largest absolute Gasteiger partial charge is 0.497 e. The number of nitro groups is 1. The second-order valence-corrected chi connectivity index (χ2v) is 14.4. The predicted octanol–water partition coefficient (Wildman–Crippen LogP) is 5.80. The van der Waals surface area contributed by atoms with E-state index < -0.39 is 61.3 Å². The molecule has 0 fully saturated rings. The standard InChI is InChI=1S/C36H39FN4O7S/c1-25-11-20-31(22-32(25)41(44)45)49(46,47)40(29-16-18-30(48-5)19-17-29)24-34(42)39(23-27-12-14-28(37)15-13-27)33(35(43)38-36(2,3)4)21-26-9-7-6-8-10-26/h6-20,22,33H,21,23-24H2,1-5H3,(H,38,43). The topological polar surface area (TPSA) is 139 Å². The number of nitrogens with zero attached hydrogens (tertiary/aromatic N) is 3. The van der Waals surface area contributed by atoms with Crippen molar-refractivity contribution in [1.29, 1.82) is 0 Å². The highest BCUT2D eigenvalue weighted by Gasteiger charge is 2.36. The molecule has 258 valence electrons. The van der Waals surface area contributed by atoms with E-state index >= 15 is 0 Å². The highest BCUT2D eigenvalue weighted by atomic mass is 32.2. The molecule has 0 aromatic heterocycles. The van der Waals surface area contributed by atoms with Crippen LogP contribution in [0.15, 0.2) is 102 Å². The number of ether oxygens (including phenoxy) is 1. The summed E-state index contributed by atoms with van der Waals surface area (Å²) in [6, 6.07) is 22.8. The molecule has 0 saturated carbocycles. The predicted molar refractivity (Wildman–Crippen MR) is 184 cm³/mol. The SMILES string of the molecule is COc1ccc(N(CC(=O)N(Cc2ccc(F)cc2)C(Cc2ccccc2)C(=O)NC(C)(C)C)S(=O)(=O)c2ccc(C)c([N+](=O)[O-])c2)cc1. The number of nitro benzene ring substituents is 1. The van der Waals surface area contributed by atoms with Gasteiger partial charge in [0.2, 0.25) is 11.8 Å². The van der Waals surface area contributed by atoms with Crippen molar-refractivity contribution in [2.75, 3.05) is 18.0 Å². The molecule has 0 heterocycles. The monoisotopic (exact) mass is 690 g/mol. The second kappa shape index (κ2) is 15.3. The van der Waals surface area contributed by atoms with E-state index in [4.69, 9.17) is 4.74 Å². The summed E-state index contributed by atoms with van der Waals surface area (Å²) in [6.07, 6.45) is 0.0924. The molecule has 4 rings (SSSR count). The van der Waals surface area contributed by atoms with Gasteiger partial charge in [-0.25, -0.2) is 12.8 Å². The van der Waals surface area contributed by atoms with Gasteiger partial charge in [0.1, 0.15) is 24.2 Å². The number of carbonyl (C=O) groups excluding carboxylic acids is 2. The Bertz CT molecular complexity index is 1900. The molecule has 0 saturated heterocycles. The number of rotatable bonds is 13. The molecule has 0 bridgehead atoms. The van der Waals surface area contributed by atoms with Crippen LogP contribution in [0.4, 0.5) is 15.8 Å². The fraction of sp³-hybridized carbons (Fsp3) is 0.278. The van der Waals surface area contributed by atoms with E-state index in [0.29, 0.717) is 11.3 Å². The fourth-order valence-electron chi connectivity index (χ4n) is 5.14. The van der Waals surface area contributed by atoms with E-state index in [9.17, 15) is 32.5 Å². The number of nitrogens with one attached hydrogen (secondary N) is 1. The number of sulfonamides is 1. The zero-order chi connectivity index (χ0) is 35.9. The lowest BCUT2D eigenvalue weighted by Gasteiger charge is -2.35. The minimum Gasteiger partial charge on any atom is -0.497 e. The summed E-state index contributed by atoms with van der Waals surface area (Å²) in [4.78, 5) is 40.4. The number of hydrogen-bond donors (Lipinski definition) is 1. The Kier molecular flexibility index (Phi) is 11.4. The number of methoxy groups -OCH3 is 1. The van der Waals surface area contributed by atoms with E-state index in [1.165, 1.54) is 79.6 Å². The van der Waals surface area contributed by atoms with E-state index in [2.05, 4.69) is 5.32 Å². The van der Waals surface area contributed by atoms with E-state index in [-0.39, 0.29) is 24.2 Å². The number of benzene rings is 4. The Morgan fingerprint density at radius 3 is 2.14 bits per heavy atom. The summed E-state index contributed by atoms with van der Waals surface area (Å²) in [5.41, 5.74) is 0.522. The lowest BCUT2D eigenvalue weighted by Crippen LogP contribution is -2.56. The molecule has 0 aliphatic rings. The second-order valence-electron chi connectivity index (χ2n) is 12.5. The summed E-state index contributed by atoms with van der Waals surface area (Å²) in [6.45, 7) is 5.97. The van der Waals surface area contributed by atoms with E-state index in [1.807, 2.05) is 18.2 Å². The van der Waals surface area contributed by atoms with Gasteiger partial charge in [0.05, 0.1) is 22.6 Å². The molecule has 0 aliphatic carbocycles. The first-order valence-electron chi connectivity index (χ1n) is 15.4. The molecule has 1 N–H and O–H groups in total. The minimum atomic E-state index is -4.60. The average Bonchev–Trinajstić information content (AvgIpc) is 3.05. The summed E-state index contributed by atoms with van der Waals surface area (Å²) in [7, 11) is -3.15. The van der Waals surface area contributed by atoms with Gasteiger partial charge in [0.25, 0.3) is 15.7 Å². The quantitative estimate of drug-likeness (QED) is 0.138. The number of amides is 2. The van der Waals surface area contributed by atoms with Crippen molar-refractivity contribution in [3.63, 3.8) is 0 Å². The number of hydrogen-bond acceptors (Lipinski definition) is 7. The Morgan fingerprint density at radius 1 is 0.939 bits per heavy atom. The van der Waals surface area contributed by atoms with Crippen LogP contribution in [0, 0.1) is 22.9 Å². The molecule has 1 atom stereocenters. The summed E-state index contributed by atoms with van der Waals surface area (Å²) in [5.74, 6) is -1.27. The third kappa shape index (κ3) is 9.41. The number of anilines is 1. The molecule has 0 spiro atoms. The maximum absolute atomic E-state index is 14.6. The lowest BCUT2D eigenvalue weighted by atomic mass is 10.0. The van der Waals surface area contributed by atoms with Gasteiger partial charge in [-0.15, -0.1) is 0 Å². The van der Waals surface area contributed by atoms with Gasteiger partial charge in [-0.05, 0) is 81.3 Å². The van der Waals surface area contributed by atoms with Crippen LogP contribution >= 0.6 is 0 Å². The van der Waals surface area contributed by atoms with E-state index in [1.54, 1.807) is 32.9 Å². The Labute approximate surface area is 285 Å². The van der Waals surface area contributed by atoms with Crippen LogP contribution in [-0.2, 0) is 32.6 Å². The van der Waals surface area contributed by atoms with Crippen molar-refractivity contribution in [2.45, 2.75) is 57.1 Å². The van der Waals surface area contributed by atoms with Crippen LogP contribution in [0.5, 0.6) is 5.75 Å². The van der Waals surface area contributed by atoms with Crippen molar-refractivity contribution < 1.29 is 32.1 Å². The molecule has 11 nitrogen and oxygen atoms in total. The number of halogens is 1. The summed E-state index contributed by atoms with van der Waals surface area (Å²) < 4.78 is 48.5. The van der Waals surface area contributed by atoms with E-state index in [0.717, 1.165) is 15.9 Å². The molecule has 13 heteroatoms. The average molecular weight is 691 g/mol. The van der Waals surface area contributed by atoms with Crippen LogP contribution in [-0.4, -0.2) is 55.3 Å². The van der Waals surface area contributed by atoms with Crippen molar-refractivity contribution in [3.8, 4) is 5.75 Å². The Morgan fingerprint density at radius 2 is 1.57 bits per heavy atom. The van der Waals surface area contributed by atoms with Gasteiger partial charge in [-0.2, -0.15) is 0 Å².